The lowest BCUT2D eigenvalue weighted by Crippen LogP contribution is -2.39. The van der Waals surface area contributed by atoms with Gasteiger partial charge in [0.25, 0.3) is 5.91 Å². The van der Waals surface area contributed by atoms with Crippen molar-refractivity contribution >= 4 is 39.6 Å². The van der Waals surface area contributed by atoms with Crippen molar-refractivity contribution in [3.8, 4) is 0 Å². The molecule has 1 heterocycles. The maximum Gasteiger partial charge on any atom is 0.266 e. The number of nitrogens with zero attached hydrogens (tertiary/aromatic N) is 2. The van der Waals surface area contributed by atoms with Crippen LogP contribution in [-0.4, -0.2) is 10.5 Å². The van der Waals surface area contributed by atoms with Crippen LogP contribution in [0.3, 0.4) is 0 Å². The third kappa shape index (κ3) is 2.90. The van der Waals surface area contributed by atoms with Crippen molar-refractivity contribution < 1.29 is 9.36 Å². The number of imidazole rings is 1. The van der Waals surface area contributed by atoms with Crippen LogP contribution in [0.4, 0.5) is 5.69 Å². The lowest BCUT2D eigenvalue weighted by Gasteiger charge is -2.05. The summed E-state index contributed by atoms with van der Waals surface area (Å²) in [6.07, 6.45) is 3.62. The number of para-hydroxylation sites is 2. The van der Waals surface area contributed by atoms with Gasteiger partial charge >= 0.3 is 0 Å². The van der Waals surface area contributed by atoms with E-state index in [4.69, 9.17) is 0 Å². The molecular weight excluding hydrogens is 310 g/mol. The second-order valence-corrected chi connectivity index (χ2v) is 5.93. The van der Waals surface area contributed by atoms with E-state index in [9.17, 15) is 4.79 Å². The van der Waals surface area contributed by atoms with Crippen LogP contribution >= 0.6 is 0 Å². The summed E-state index contributed by atoms with van der Waals surface area (Å²) in [6.45, 7) is 4.06. The summed E-state index contributed by atoms with van der Waals surface area (Å²) in [6, 6.07) is 22.0. The summed E-state index contributed by atoms with van der Waals surface area (Å²) in [5, 5.41) is 5.24. The van der Waals surface area contributed by atoms with Gasteiger partial charge in [-0.3, -0.25) is 4.79 Å². The molecule has 4 aromatic rings. The van der Waals surface area contributed by atoms with Gasteiger partial charge in [-0.05, 0) is 35.0 Å². The zero-order valence-corrected chi connectivity index (χ0v) is 13.7. The normalized spacial score (nSPS) is 10.9. The Balaban J connectivity index is 1.58. The molecule has 4 heteroatoms. The molecule has 0 saturated carbocycles. The third-order valence-electron chi connectivity index (χ3n) is 4.28. The van der Waals surface area contributed by atoms with E-state index in [1.807, 2.05) is 76.1 Å². The largest absolute Gasteiger partial charge is 0.323 e. The molecule has 0 saturated heterocycles. The van der Waals surface area contributed by atoms with Gasteiger partial charge in [0.1, 0.15) is 0 Å². The monoisotopic (exact) mass is 328 g/mol. The number of hydrogen-bond donors (Lipinski definition) is 1. The number of hydrogen-bond acceptors (Lipinski definition) is 1. The molecule has 0 aliphatic heterocycles. The van der Waals surface area contributed by atoms with Crippen LogP contribution in [0.5, 0.6) is 0 Å². The van der Waals surface area contributed by atoms with Crippen LogP contribution in [0.25, 0.3) is 28.0 Å². The van der Waals surface area contributed by atoms with Crippen LogP contribution in [0.2, 0.25) is 0 Å². The summed E-state index contributed by atoms with van der Waals surface area (Å²) in [5.41, 5.74) is 2.82. The number of carbonyl (C=O) groups excluding carboxylic acids is 1. The highest BCUT2D eigenvalue weighted by molar-refractivity contribution is 5.94. The highest BCUT2D eigenvalue weighted by Crippen LogP contribution is 2.18. The number of fused-ring (bicyclic) bond motifs is 2. The Kier molecular flexibility index (Phi) is 3.78. The minimum Gasteiger partial charge on any atom is -0.323 e. The van der Waals surface area contributed by atoms with Crippen molar-refractivity contribution in [3.63, 3.8) is 0 Å². The average Bonchev–Trinajstić information content (AvgIpc) is 2.99. The molecule has 3 aromatic carbocycles. The molecule has 1 aromatic heterocycles. The zero-order valence-electron chi connectivity index (χ0n) is 13.7. The molecular formula is C21H18N3O+. The van der Waals surface area contributed by atoms with Gasteiger partial charge in [0.05, 0.1) is 6.20 Å². The first-order valence-electron chi connectivity index (χ1n) is 8.15. The topological polar surface area (TPSA) is 37.9 Å². The standard InChI is InChI=1S/C21H17N3O/c1-2-23-15-24(20-10-6-5-9-19(20)23)14-21(25)22-18-12-11-16-7-3-4-8-17(16)13-18/h2-13,15H,1,14H2/p+1. The SMILES string of the molecule is C=Cn1c[n+](CC(=O)Nc2ccc3ccccc3c2)c2ccccc21. The summed E-state index contributed by atoms with van der Waals surface area (Å²) in [7, 11) is 0. The number of anilines is 1. The predicted molar refractivity (Wildman–Crippen MR) is 101 cm³/mol. The van der Waals surface area contributed by atoms with Crippen molar-refractivity contribution in [1.82, 2.24) is 4.57 Å². The Bertz CT molecular complexity index is 1090. The van der Waals surface area contributed by atoms with E-state index in [1.54, 1.807) is 6.20 Å². The molecule has 1 amide bonds. The van der Waals surface area contributed by atoms with Gasteiger partial charge in [-0.15, -0.1) is 0 Å². The van der Waals surface area contributed by atoms with Crippen LogP contribution in [0.1, 0.15) is 0 Å². The van der Waals surface area contributed by atoms with Crippen molar-refractivity contribution in [3.05, 3.63) is 79.6 Å². The molecule has 0 unspecified atom stereocenters. The van der Waals surface area contributed by atoms with E-state index >= 15 is 0 Å². The minimum atomic E-state index is -0.0627. The molecule has 0 radical (unpaired) electrons. The average molecular weight is 328 g/mol. The van der Waals surface area contributed by atoms with Gasteiger partial charge in [-0.2, -0.15) is 0 Å². The first-order chi connectivity index (χ1) is 12.2. The van der Waals surface area contributed by atoms with E-state index in [2.05, 4.69) is 18.0 Å². The molecule has 0 fully saturated rings. The van der Waals surface area contributed by atoms with Crippen molar-refractivity contribution in [2.75, 3.05) is 5.32 Å². The zero-order chi connectivity index (χ0) is 17.2. The first kappa shape index (κ1) is 15.1. The Morgan fingerprint density at radius 2 is 1.80 bits per heavy atom. The van der Waals surface area contributed by atoms with Gasteiger partial charge < -0.3 is 5.32 Å². The number of carbonyl (C=O) groups is 1. The lowest BCUT2D eigenvalue weighted by atomic mass is 10.1. The molecule has 0 aliphatic rings. The molecule has 4 rings (SSSR count). The predicted octanol–water partition coefficient (Wildman–Crippen LogP) is 3.82. The fourth-order valence-electron chi connectivity index (χ4n) is 3.09. The Labute approximate surface area is 145 Å². The van der Waals surface area contributed by atoms with Gasteiger partial charge in [-0.25, -0.2) is 9.13 Å². The number of aromatic nitrogens is 2. The Morgan fingerprint density at radius 3 is 2.64 bits per heavy atom. The maximum atomic E-state index is 12.5. The Morgan fingerprint density at radius 1 is 1.04 bits per heavy atom. The lowest BCUT2D eigenvalue weighted by molar-refractivity contribution is -0.658. The third-order valence-corrected chi connectivity index (χ3v) is 4.28. The van der Waals surface area contributed by atoms with Gasteiger partial charge in [0, 0.05) is 5.69 Å². The van der Waals surface area contributed by atoms with E-state index in [0.717, 1.165) is 27.5 Å². The van der Waals surface area contributed by atoms with Crippen LogP contribution in [0.15, 0.2) is 79.6 Å². The van der Waals surface area contributed by atoms with Gasteiger partial charge in [-0.1, -0.05) is 49.0 Å². The summed E-state index contributed by atoms with van der Waals surface area (Å²) in [5.74, 6) is -0.0627. The number of amides is 1. The van der Waals surface area contributed by atoms with E-state index in [0.29, 0.717) is 0 Å². The van der Waals surface area contributed by atoms with Crippen LogP contribution in [0, 0.1) is 0 Å². The van der Waals surface area contributed by atoms with E-state index in [1.165, 1.54) is 0 Å². The van der Waals surface area contributed by atoms with E-state index in [-0.39, 0.29) is 12.5 Å². The maximum absolute atomic E-state index is 12.5. The van der Waals surface area contributed by atoms with Crippen LogP contribution in [-0.2, 0) is 11.3 Å². The molecule has 0 aliphatic carbocycles. The fraction of sp³-hybridized carbons (Fsp3) is 0.0476. The Hall–Kier alpha value is -3.40. The molecule has 4 nitrogen and oxygen atoms in total. The van der Waals surface area contributed by atoms with Crippen molar-refractivity contribution in [1.29, 1.82) is 0 Å². The summed E-state index contributed by atoms with van der Waals surface area (Å²) < 4.78 is 3.84. The molecule has 0 bridgehead atoms. The number of benzene rings is 3. The second-order valence-electron chi connectivity index (χ2n) is 5.93. The fourth-order valence-corrected chi connectivity index (χ4v) is 3.09. The first-order valence-corrected chi connectivity index (χ1v) is 8.15. The quantitative estimate of drug-likeness (QED) is 0.568. The molecule has 0 spiro atoms. The number of rotatable bonds is 4. The highest BCUT2D eigenvalue weighted by Gasteiger charge is 2.16. The minimum absolute atomic E-state index is 0.0627. The van der Waals surface area contributed by atoms with Gasteiger partial charge in [0.15, 0.2) is 17.6 Å². The molecule has 1 N–H and O–H groups in total. The highest BCUT2D eigenvalue weighted by atomic mass is 16.1. The summed E-state index contributed by atoms with van der Waals surface area (Å²) in [4.78, 5) is 12.5. The number of nitrogens with one attached hydrogen (secondary N) is 1. The molecule has 25 heavy (non-hydrogen) atoms. The molecule has 122 valence electrons. The van der Waals surface area contributed by atoms with E-state index < -0.39 is 0 Å². The van der Waals surface area contributed by atoms with Crippen LogP contribution < -0.4 is 9.88 Å². The smallest absolute Gasteiger partial charge is 0.266 e. The summed E-state index contributed by atoms with van der Waals surface area (Å²) >= 11 is 0. The second kappa shape index (κ2) is 6.24. The molecule has 0 atom stereocenters. The van der Waals surface area contributed by atoms with Crippen molar-refractivity contribution in [2.45, 2.75) is 6.54 Å². The van der Waals surface area contributed by atoms with Gasteiger partial charge in [0.2, 0.25) is 6.33 Å². The van der Waals surface area contributed by atoms with Crippen molar-refractivity contribution in [2.24, 2.45) is 0 Å².